The monoisotopic (exact) mass is 342 g/mol. The fraction of sp³-hybridized carbons (Fsp3) is 0.650. The van der Waals surface area contributed by atoms with Gasteiger partial charge in [0.1, 0.15) is 0 Å². The number of rotatable bonds is 8. The maximum atomic E-state index is 12.1. The minimum Gasteiger partial charge on any atom is -0.369 e. The van der Waals surface area contributed by atoms with Gasteiger partial charge in [-0.2, -0.15) is 0 Å². The van der Waals surface area contributed by atoms with E-state index in [1.165, 1.54) is 37.9 Å². The summed E-state index contributed by atoms with van der Waals surface area (Å²) in [4.78, 5) is 17.1. The van der Waals surface area contributed by atoms with Crippen molar-refractivity contribution in [2.24, 2.45) is 11.8 Å². The van der Waals surface area contributed by atoms with E-state index < -0.39 is 0 Å². The quantitative estimate of drug-likeness (QED) is 0.760. The second-order valence-electron chi connectivity index (χ2n) is 7.90. The number of hydrogen-bond acceptors (Lipinski definition) is 4. The molecule has 2 aliphatic carbocycles. The first-order valence-corrected chi connectivity index (χ1v) is 9.84. The predicted molar refractivity (Wildman–Crippen MR) is 102 cm³/mol. The molecule has 4 rings (SSSR count). The van der Waals surface area contributed by atoms with Gasteiger partial charge < -0.3 is 15.5 Å². The highest BCUT2D eigenvalue weighted by molar-refractivity contribution is 5.92. The first-order chi connectivity index (χ1) is 12.3. The fourth-order valence-electron chi connectivity index (χ4n) is 3.55. The number of hydrogen-bond donors (Lipinski definition) is 2. The summed E-state index contributed by atoms with van der Waals surface area (Å²) in [5, 5.41) is 6.26. The Morgan fingerprint density at radius 3 is 2.52 bits per heavy atom. The van der Waals surface area contributed by atoms with Crippen LogP contribution in [0.15, 0.2) is 24.3 Å². The molecule has 5 nitrogen and oxygen atoms in total. The highest BCUT2D eigenvalue weighted by Gasteiger charge is 2.26. The van der Waals surface area contributed by atoms with Crippen molar-refractivity contribution in [1.82, 2.24) is 10.2 Å². The van der Waals surface area contributed by atoms with Crippen molar-refractivity contribution >= 4 is 17.3 Å². The van der Waals surface area contributed by atoms with Crippen LogP contribution in [0.4, 0.5) is 11.4 Å². The second kappa shape index (κ2) is 7.75. The zero-order valence-electron chi connectivity index (χ0n) is 15.0. The largest absolute Gasteiger partial charge is 0.369 e. The van der Waals surface area contributed by atoms with Crippen molar-refractivity contribution in [2.45, 2.75) is 25.7 Å². The van der Waals surface area contributed by atoms with Crippen LogP contribution in [-0.4, -0.2) is 56.6 Å². The van der Waals surface area contributed by atoms with E-state index in [4.69, 9.17) is 0 Å². The van der Waals surface area contributed by atoms with Crippen LogP contribution in [0.1, 0.15) is 25.7 Å². The molecule has 0 aromatic heterocycles. The van der Waals surface area contributed by atoms with Crippen LogP contribution in [0.25, 0.3) is 0 Å². The molecule has 5 heteroatoms. The van der Waals surface area contributed by atoms with E-state index in [9.17, 15) is 4.79 Å². The summed E-state index contributed by atoms with van der Waals surface area (Å²) in [5.74, 6) is 1.82. The minimum atomic E-state index is 0.0482. The molecule has 0 atom stereocenters. The molecular weight excluding hydrogens is 312 g/mol. The Morgan fingerprint density at radius 1 is 1.04 bits per heavy atom. The Kier molecular flexibility index (Phi) is 5.22. The zero-order valence-corrected chi connectivity index (χ0v) is 15.0. The maximum absolute atomic E-state index is 12.1. The van der Waals surface area contributed by atoms with E-state index in [2.05, 4.69) is 32.6 Å². The first-order valence-electron chi connectivity index (χ1n) is 9.84. The summed E-state index contributed by atoms with van der Waals surface area (Å²) < 4.78 is 0. The van der Waals surface area contributed by atoms with Gasteiger partial charge in [-0.05, 0) is 62.3 Å². The standard InChI is InChI=1S/C20H30N4O/c25-20(14-21-13-16-4-5-16)22-18-2-1-3-19(12-18)24-10-8-23(9-11-24)15-17-6-7-17/h1-3,12,16-17,21H,4-11,13-15H2,(H,22,25). The molecule has 0 spiro atoms. The van der Waals surface area contributed by atoms with Gasteiger partial charge >= 0.3 is 0 Å². The molecule has 25 heavy (non-hydrogen) atoms. The van der Waals surface area contributed by atoms with E-state index >= 15 is 0 Å². The lowest BCUT2D eigenvalue weighted by Gasteiger charge is -2.36. The SMILES string of the molecule is O=C(CNCC1CC1)Nc1cccc(N2CCN(CC3CC3)CC2)c1. The molecule has 3 aliphatic rings. The number of carbonyl (C=O) groups is 1. The number of benzene rings is 1. The Morgan fingerprint density at radius 2 is 1.80 bits per heavy atom. The number of nitrogens with zero attached hydrogens (tertiary/aromatic N) is 2. The number of carbonyl (C=O) groups excluding carboxylic acids is 1. The van der Waals surface area contributed by atoms with E-state index in [-0.39, 0.29) is 5.91 Å². The molecule has 1 saturated heterocycles. The molecule has 2 saturated carbocycles. The molecule has 1 aromatic carbocycles. The second-order valence-corrected chi connectivity index (χ2v) is 7.90. The molecule has 3 fully saturated rings. The van der Waals surface area contributed by atoms with Crippen LogP contribution >= 0.6 is 0 Å². The van der Waals surface area contributed by atoms with Crippen molar-refractivity contribution < 1.29 is 4.79 Å². The van der Waals surface area contributed by atoms with Crippen LogP contribution in [0.5, 0.6) is 0 Å². The Hall–Kier alpha value is -1.59. The van der Waals surface area contributed by atoms with E-state index in [0.717, 1.165) is 50.2 Å². The topological polar surface area (TPSA) is 47.6 Å². The van der Waals surface area contributed by atoms with Crippen LogP contribution in [0, 0.1) is 11.8 Å². The third-order valence-electron chi connectivity index (χ3n) is 5.50. The molecule has 1 aliphatic heterocycles. The van der Waals surface area contributed by atoms with Gasteiger partial charge in [-0.3, -0.25) is 9.69 Å². The van der Waals surface area contributed by atoms with Crippen LogP contribution < -0.4 is 15.5 Å². The Labute approximate surface area is 150 Å². The molecule has 1 aromatic rings. The van der Waals surface area contributed by atoms with Crippen LogP contribution in [0.2, 0.25) is 0 Å². The molecule has 0 radical (unpaired) electrons. The van der Waals surface area contributed by atoms with Crippen LogP contribution in [0.3, 0.4) is 0 Å². The molecular formula is C20H30N4O. The van der Waals surface area contributed by atoms with Gasteiger partial charge in [-0.1, -0.05) is 6.07 Å². The number of nitrogens with one attached hydrogen (secondary N) is 2. The Balaban J connectivity index is 1.24. The average Bonchev–Trinajstić information content (AvgIpc) is 3.52. The zero-order chi connectivity index (χ0) is 17.1. The first kappa shape index (κ1) is 16.9. The lowest BCUT2D eigenvalue weighted by Crippen LogP contribution is -2.47. The smallest absolute Gasteiger partial charge is 0.238 e. The lowest BCUT2D eigenvalue weighted by atomic mass is 10.2. The predicted octanol–water partition coefficient (Wildman–Crippen LogP) is 2.16. The molecule has 1 heterocycles. The minimum absolute atomic E-state index is 0.0482. The van der Waals surface area contributed by atoms with Crippen molar-refractivity contribution in [3.05, 3.63) is 24.3 Å². The van der Waals surface area contributed by atoms with Gasteiger partial charge in [0.05, 0.1) is 6.54 Å². The summed E-state index contributed by atoms with van der Waals surface area (Å²) in [7, 11) is 0. The van der Waals surface area contributed by atoms with Crippen LogP contribution in [-0.2, 0) is 4.79 Å². The molecule has 1 amide bonds. The van der Waals surface area contributed by atoms with Crippen molar-refractivity contribution in [1.29, 1.82) is 0 Å². The summed E-state index contributed by atoms with van der Waals surface area (Å²) >= 11 is 0. The van der Waals surface area contributed by atoms with E-state index in [0.29, 0.717) is 6.54 Å². The number of amides is 1. The van der Waals surface area contributed by atoms with Gasteiger partial charge in [0.2, 0.25) is 5.91 Å². The Bertz CT molecular complexity index is 589. The van der Waals surface area contributed by atoms with Gasteiger partial charge in [0.15, 0.2) is 0 Å². The van der Waals surface area contributed by atoms with E-state index in [1.807, 2.05) is 12.1 Å². The summed E-state index contributed by atoms with van der Waals surface area (Å²) in [6, 6.07) is 8.28. The van der Waals surface area contributed by atoms with Gasteiger partial charge in [0, 0.05) is 44.1 Å². The lowest BCUT2D eigenvalue weighted by molar-refractivity contribution is -0.115. The van der Waals surface area contributed by atoms with Crippen molar-refractivity contribution in [2.75, 3.05) is 56.0 Å². The average molecular weight is 342 g/mol. The summed E-state index contributed by atoms with van der Waals surface area (Å²) in [5.41, 5.74) is 2.12. The maximum Gasteiger partial charge on any atom is 0.238 e. The molecule has 0 bridgehead atoms. The van der Waals surface area contributed by atoms with Crippen molar-refractivity contribution in [3.8, 4) is 0 Å². The fourth-order valence-corrected chi connectivity index (χ4v) is 3.55. The molecule has 2 N–H and O–H groups in total. The number of anilines is 2. The van der Waals surface area contributed by atoms with Gasteiger partial charge in [-0.25, -0.2) is 0 Å². The highest BCUT2D eigenvalue weighted by Crippen LogP contribution is 2.30. The highest BCUT2D eigenvalue weighted by atomic mass is 16.1. The van der Waals surface area contributed by atoms with Gasteiger partial charge in [0.25, 0.3) is 0 Å². The third-order valence-corrected chi connectivity index (χ3v) is 5.50. The summed E-state index contributed by atoms with van der Waals surface area (Å²) in [6.07, 6.45) is 5.48. The number of piperazine rings is 1. The third kappa shape index (κ3) is 5.19. The van der Waals surface area contributed by atoms with Gasteiger partial charge in [-0.15, -0.1) is 0 Å². The molecule has 0 unspecified atom stereocenters. The van der Waals surface area contributed by atoms with E-state index in [1.54, 1.807) is 0 Å². The normalized spacial score (nSPS) is 21.4. The molecule has 136 valence electrons. The summed E-state index contributed by atoms with van der Waals surface area (Å²) in [6.45, 7) is 7.12. The van der Waals surface area contributed by atoms with Crippen molar-refractivity contribution in [3.63, 3.8) is 0 Å².